The van der Waals surface area contributed by atoms with E-state index in [0.29, 0.717) is 10.8 Å². The van der Waals surface area contributed by atoms with Crippen molar-refractivity contribution in [3.05, 3.63) is 22.4 Å². The number of hydrogen-bond acceptors (Lipinski definition) is 4. The van der Waals surface area contributed by atoms with E-state index < -0.39 is 11.6 Å². The normalized spacial score (nSPS) is 18.9. The molecule has 1 fully saturated rings. The van der Waals surface area contributed by atoms with Crippen molar-refractivity contribution in [1.29, 1.82) is 0 Å². The fraction of sp³-hybridized carbons (Fsp3) is 0.571. The molecule has 0 bridgehead atoms. The molecule has 2 unspecified atom stereocenters. The third-order valence-corrected chi connectivity index (χ3v) is 4.57. The van der Waals surface area contributed by atoms with Crippen molar-refractivity contribution >= 4 is 23.2 Å². The quantitative estimate of drug-likeness (QED) is 0.736. The molecule has 2 amide bonds. The maximum Gasteiger partial charge on any atom is 0.261 e. The summed E-state index contributed by atoms with van der Waals surface area (Å²) in [4.78, 5) is 24.6. The van der Waals surface area contributed by atoms with Crippen LogP contribution in [0.25, 0.3) is 0 Å². The van der Waals surface area contributed by atoms with Crippen LogP contribution in [-0.4, -0.2) is 35.1 Å². The first-order valence-corrected chi connectivity index (χ1v) is 7.61. The van der Waals surface area contributed by atoms with E-state index in [1.54, 1.807) is 19.1 Å². The van der Waals surface area contributed by atoms with E-state index in [-0.39, 0.29) is 18.4 Å². The Morgan fingerprint density at radius 3 is 2.75 bits per heavy atom. The summed E-state index contributed by atoms with van der Waals surface area (Å²) in [5.74, 6) is -0.185. The van der Waals surface area contributed by atoms with Gasteiger partial charge in [-0.2, -0.15) is 0 Å². The number of rotatable bonds is 6. The lowest BCUT2D eigenvalue weighted by atomic mass is 9.96. The SMILES string of the molecule is CC(NC(=O)c1cccs1)C(=O)NC(C)(CO)C1CC1. The number of aliphatic hydroxyl groups is 1. The predicted molar refractivity (Wildman–Crippen MR) is 77.6 cm³/mol. The van der Waals surface area contributed by atoms with E-state index in [1.807, 2.05) is 12.3 Å². The first-order chi connectivity index (χ1) is 9.46. The second-order valence-corrected chi connectivity index (χ2v) is 6.46. The maximum atomic E-state index is 12.1. The van der Waals surface area contributed by atoms with Crippen molar-refractivity contribution in [3.63, 3.8) is 0 Å². The Kier molecular flexibility index (Phi) is 4.45. The number of carbonyl (C=O) groups excluding carboxylic acids is 2. The summed E-state index contributed by atoms with van der Waals surface area (Å²) in [6.45, 7) is 3.40. The largest absolute Gasteiger partial charge is 0.394 e. The Morgan fingerprint density at radius 1 is 1.55 bits per heavy atom. The number of thiophene rings is 1. The Labute approximate surface area is 122 Å². The smallest absolute Gasteiger partial charge is 0.261 e. The molecule has 2 atom stereocenters. The first kappa shape index (κ1) is 15.0. The Bertz CT molecular complexity index is 485. The van der Waals surface area contributed by atoms with Crippen molar-refractivity contribution in [1.82, 2.24) is 10.6 Å². The molecule has 1 aromatic rings. The Hall–Kier alpha value is -1.40. The number of carbonyl (C=O) groups is 2. The number of nitrogens with one attached hydrogen (secondary N) is 2. The zero-order valence-electron chi connectivity index (χ0n) is 11.7. The minimum Gasteiger partial charge on any atom is -0.394 e. The summed E-state index contributed by atoms with van der Waals surface area (Å²) < 4.78 is 0. The molecule has 1 heterocycles. The minimum absolute atomic E-state index is 0.0883. The van der Waals surface area contributed by atoms with Gasteiger partial charge in [0.25, 0.3) is 5.91 Å². The molecule has 0 spiro atoms. The second-order valence-electron chi connectivity index (χ2n) is 5.51. The van der Waals surface area contributed by atoms with E-state index in [2.05, 4.69) is 10.6 Å². The van der Waals surface area contributed by atoms with E-state index in [0.717, 1.165) is 12.8 Å². The van der Waals surface area contributed by atoms with Crippen molar-refractivity contribution in [2.75, 3.05) is 6.61 Å². The van der Waals surface area contributed by atoms with Crippen LogP contribution in [0.5, 0.6) is 0 Å². The molecular weight excluding hydrogens is 276 g/mol. The Morgan fingerprint density at radius 2 is 2.25 bits per heavy atom. The third kappa shape index (κ3) is 3.37. The van der Waals surface area contributed by atoms with Gasteiger partial charge in [0.15, 0.2) is 0 Å². The van der Waals surface area contributed by atoms with Gasteiger partial charge < -0.3 is 15.7 Å². The number of aliphatic hydroxyl groups excluding tert-OH is 1. The zero-order chi connectivity index (χ0) is 14.8. The predicted octanol–water partition coefficient (Wildman–Crippen LogP) is 1.14. The van der Waals surface area contributed by atoms with Crippen LogP contribution in [-0.2, 0) is 4.79 Å². The van der Waals surface area contributed by atoms with Gasteiger partial charge in [-0.3, -0.25) is 9.59 Å². The molecule has 0 aliphatic heterocycles. The standard InChI is InChI=1S/C14H20N2O3S/c1-9(15-13(19)11-4-3-7-20-11)12(18)16-14(2,8-17)10-5-6-10/h3-4,7,9-10,17H,5-6,8H2,1-2H3,(H,15,19)(H,16,18). The molecule has 3 N–H and O–H groups in total. The fourth-order valence-corrected chi connectivity index (χ4v) is 2.75. The van der Waals surface area contributed by atoms with Crippen LogP contribution in [0, 0.1) is 5.92 Å². The van der Waals surface area contributed by atoms with Gasteiger partial charge in [-0.05, 0) is 44.1 Å². The van der Waals surface area contributed by atoms with Crippen molar-refractivity contribution in [2.24, 2.45) is 5.92 Å². The van der Waals surface area contributed by atoms with Crippen LogP contribution in [0.15, 0.2) is 17.5 Å². The summed E-state index contributed by atoms with van der Waals surface area (Å²) in [6.07, 6.45) is 2.04. The van der Waals surface area contributed by atoms with Crippen molar-refractivity contribution in [3.8, 4) is 0 Å². The highest BCUT2D eigenvalue weighted by molar-refractivity contribution is 7.12. The van der Waals surface area contributed by atoms with Gasteiger partial charge in [-0.15, -0.1) is 11.3 Å². The lowest BCUT2D eigenvalue weighted by Crippen LogP contribution is -2.56. The summed E-state index contributed by atoms with van der Waals surface area (Å²) in [7, 11) is 0. The highest BCUT2D eigenvalue weighted by atomic mass is 32.1. The zero-order valence-corrected chi connectivity index (χ0v) is 12.5. The molecule has 6 heteroatoms. The minimum atomic E-state index is -0.630. The molecule has 2 rings (SSSR count). The first-order valence-electron chi connectivity index (χ1n) is 6.73. The van der Waals surface area contributed by atoms with Crippen LogP contribution in [0.1, 0.15) is 36.4 Å². The maximum absolute atomic E-state index is 12.1. The molecule has 1 aromatic heterocycles. The van der Waals surface area contributed by atoms with Crippen LogP contribution >= 0.6 is 11.3 Å². The molecule has 1 saturated carbocycles. The fourth-order valence-electron chi connectivity index (χ4n) is 2.12. The summed E-state index contributed by atoms with van der Waals surface area (Å²) in [5.41, 5.74) is -0.584. The lowest BCUT2D eigenvalue weighted by molar-refractivity contribution is -0.125. The Balaban J connectivity index is 1.90. The van der Waals surface area contributed by atoms with Gasteiger partial charge in [0.05, 0.1) is 17.0 Å². The van der Waals surface area contributed by atoms with Gasteiger partial charge in [-0.25, -0.2) is 0 Å². The molecule has 0 saturated heterocycles. The number of amides is 2. The summed E-state index contributed by atoms with van der Waals surface area (Å²) in [5, 5.41) is 16.8. The highest BCUT2D eigenvalue weighted by Gasteiger charge is 2.42. The van der Waals surface area contributed by atoms with E-state index >= 15 is 0 Å². The molecule has 0 aromatic carbocycles. The molecule has 1 aliphatic rings. The summed E-state index contributed by atoms with van der Waals surface area (Å²) in [6, 6.07) is 2.88. The molecule has 1 aliphatic carbocycles. The van der Waals surface area contributed by atoms with Crippen molar-refractivity contribution < 1.29 is 14.7 Å². The van der Waals surface area contributed by atoms with Crippen molar-refractivity contribution in [2.45, 2.75) is 38.3 Å². The second kappa shape index (κ2) is 5.93. The molecule has 20 heavy (non-hydrogen) atoms. The molecule has 0 radical (unpaired) electrons. The van der Waals surface area contributed by atoms with Crippen LogP contribution in [0.2, 0.25) is 0 Å². The van der Waals surface area contributed by atoms with Gasteiger partial charge in [0.1, 0.15) is 6.04 Å². The monoisotopic (exact) mass is 296 g/mol. The third-order valence-electron chi connectivity index (χ3n) is 3.70. The number of hydrogen-bond donors (Lipinski definition) is 3. The van der Waals surface area contributed by atoms with Gasteiger partial charge >= 0.3 is 0 Å². The van der Waals surface area contributed by atoms with E-state index in [1.165, 1.54) is 11.3 Å². The van der Waals surface area contributed by atoms with E-state index in [9.17, 15) is 14.7 Å². The molecular formula is C14H20N2O3S. The topological polar surface area (TPSA) is 78.4 Å². The average Bonchev–Trinajstić information content (AvgIpc) is 3.14. The summed E-state index contributed by atoms with van der Waals surface area (Å²) >= 11 is 1.33. The van der Waals surface area contributed by atoms with Gasteiger partial charge in [0, 0.05) is 0 Å². The van der Waals surface area contributed by atoms with E-state index in [4.69, 9.17) is 0 Å². The molecule has 110 valence electrons. The van der Waals surface area contributed by atoms with Crippen LogP contribution in [0.4, 0.5) is 0 Å². The lowest BCUT2D eigenvalue weighted by Gasteiger charge is -2.30. The average molecular weight is 296 g/mol. The molecule has 5 nitrogen and oxygen atoms in total. The van der Waals surface area contributed by atoms with Crippen LogP contribution < -0.4 is 10.6 Å². The highest BCUT2D eigenvalue weighted by Crippen LogP contribution is 2.39. The van der Waals surface area contributed by atoms with Crippen LogP contribution in [0.3, 0.4) is 0 Å². The van der Waals surface area contributed by atoms with Gasteiger partial charge in [0.2, 0.25) is 5.91 Å². The van der Waals surface area contributed by atoms with Gasteiger partial charge in [-0.1, -0.05) is 6.07 Å².